The largest absolute Gasteiger partial charge is 0.384 e. The maximum Gasteiger partial charge on any atom is 0.243 e. The molecule has 1 heterocycles. The van der Waals surface area contributed by atoms with E-state index < -0.39 is 6.04 Å². The minimum absolute atomic E-state index is 0. The Morgan fingerprint density at radius 2 is 1.84 bits per heavy atom. The Labute approximate surface area is 189 Å². The number of rotatable bonds is 7. The minimum atomic E-state index is -0.512. The van der Waals surface area contributed by atoms with Gasteiger partial charge in [0.05, 0.1) is 6.54 Å². The zero-order valence-electron chi connectivity index (χ0n) is 17.9. The summed E-state index contributed by atoms with van der Waals surface area (Å²) in [5.41, 5.74) is 9.28. The van der Waals surface area contributed by atoms with Crippen molar-refractivity contribution in [3.63, 3.8) is 0 Å². The molecular weight excluding hydrogens is 414 g/mol. The number of anilines is 1. The SMILES string of the molecule is CC(C)C(Nc1cccc(C(=N)N)c1)C(=O)NCC(=O)N1CCc2ccccc2C1.Cl. The topological polar surface area (TPSA) is 111 Å². The van der Waals surface area contributed by atoms with Crippen molar-refractivity contribution in [1.29, 1.82) is 5.41 Å². The second kappa shape index (κ2) is 10.8. The van der Waals surface area contributed by atoms with E-state index in [0.717, 1.165) is 12.0 Å². The Kier molecular flexibility index (Phi) is 8.45. The van der Waals surface area contributed by atoms with E-state index in [0.29, 0.717) is 24.3 Å². The summed E-state index contributed by atoms with van der Waals surface area (Å²) < 4.78 is 0. The summed E-state index contributed by atoms with van der Waals surface area (Å²) in [5.74, 6) is -0.344. The number of fused-ring (bicyclic) bond motifs is 1. The van der Waals surface area contributed by atoms with Crippen molar-refractivity contribution in [2.75, 3.05) is 18.4 Å². The molecule has 8 heteroatoms. The number of nitrogen functional groups attached to an aromatic ring is 1. The van der Waals surface area contributed by atoms with Gasteiger partial charge in [-0.25, -0.2) is 0 Å². The standard InChI is InChI=1S/C23H29N5O2.ClH/c1-15(2)21(27-19-9-5-8-17(12-19)22(24)25)23(30)26-13-20(29)28-11-10-16-6-3-4-7-18(16)14-28;/h3-9,12,15,21,27H,10-11,13-14H2,1-2H3,(H3,24,25)(H,26,30);1H. The van der Waals surface area contributed by atoms with E-state index in [4.69, 9.17) is 11.1 Å². The Morgan fingerprint density at radius 3 is 2.52 bits per heavy atom. The molecule has 2 aromatic rings. The first kappa shape index (κ1) is 24.2. The number of hydrogen-bond donors (Lipinski definition) is 4. The fourth-order valence-corrected chi connectivity index (χ4v) is 3.58. The van der Waals surface area contributed by atoms with Crippen LogP contribution in [0.25, 0.3) is 0 Å². The summed E-state index contributed by atoms with van der Waals surface area (Å²) in [7, 11) is 0. The fraction of sp³-hybridized carbons (Fsp3) is 0.348. The average Bonchev–Trinajstić information content (AvgIpc) is 2.75. The average molecular weight is 444 g/mol. The summed E-state index contributed by atoms with van der Waals surface area (Å²) >= 11 is 0. The van der Waals surface area contributed by atoms with E-state index in [-0.39, 0.29) is 42.5 Å². The van der Waals surface area contributed by atoms with Crippen LogP contribution in [-0.4, -0.2) is 41.7 Å². The normalized spacial score (nSPS) is 13.6. The third-order valence-electron chi connectivity index (χ3n) is 5.34. The first-order valence-corrected chi connectivity index (χ1v) is 10.2. The summed E-state index contributed by atoms with van der Waals surface area (Å²) in [5, 5.41) is 13.6. The van der Waals surface area contributed by atoms with Crippen LogP contribution in [0.1, 0.15) is 30.5 Å². The molecule has 1 aliphatic rings. The second-order valence-electron chi connectivity index (χ2n) is 7.91. The van der Waals surface area contributed by atoms with E-state index in [9.17, 15) is 9.59 Å². The van der Waals surface area contributed by atoms with Crippen LogP contribution in [0.2, 0.25) is 0 Å². The molecule has 0 aliphatic carbocycles. The quantitative estimate of drug-likeness (QED) is 0.389. The number of carbonyl (C=O) groups excluding carboxylic acids is 2. The lowest BCUT2D eigenvalue weighted by atomic mass is 10.00. The van der Waals surface area contributed by atoms with Gasteiger partial charge in [0.15, 0.2) is 0 Å². The molecule has 2 amide bonds. The Balaban J connectivity index is 0.00000341. The molecule has 1 unspecified atom stereocenters. The maximum absolute atomic E-state index is 12.8. The van der Waals surface area contributed by atoms with Gasteiger partial charge in [0.2, 0.25) is 11.8 Å². The number of nitrogens with two attached hydrogens (primary N) is 1. The van der Waals surface area contributed by atoms with Gasteiger partial charge in [0.25, 0.3) is 0 Å². The summed E-state index contributed by atoms with van der Waals surface area (Å²) in [6.45, 7) is 5.09. The number of amides is 2. The summed E-state index contributed by atoms with van der Waals surface area (Å²) in [6.07, 6.45) is 0.832. The molecule has 1 atom stereocenters. The highest BCUT2D eigenvalue weighted by Gasteiger charge is 2.25. The Hall–Kier alpha value is -3.06. The van der Waals surface area contributed by atoms with Crippen molar-refractivity contribution in [1.82, 2.24) is 10.2 Å². The van der Waals surface area contributed by atoms with Crippen molar-refractivity contribution in [3.8, 4) is 0 Å². The van der Waals surface area contributed by atoms with Crippen LogP contribution in [0.5, 0.6) is 0 Å². The maximum atomic E-state index is 12.8. The molecule has 1 aliphatic heterocycles. The first-order chi connectivity index (χ1) is 14.3. The molecule has 166 valence electrons. The van der Waals surface area contributed by atoms with E-state index in [2.05, 4.69) is 16.7 Å². The molecule has 0 spiro atoms. The number of nitrogens with zero attached hydrogens (tertiary/aromatic N) is 1. The van der Waals surface area contributed by atoms with Crippen molar-refractivity contribution in [2.45, 2.75) is 32.9 Å². The van der Waals surface area contributed by atoms with Crippen LogP contribution >= 0.6 is 12.4 Å². The molecule has 3 rings (SSSR count). The van der Waals surface area contributed by atoms with Gasteiger partial charge in [-0.05, 0) is 35.6 Å². The number of hydrogen-bond acceptors (Lipinski definition) is 4. The lowest BCUT2D eigenvalue weighted by Gasteiger charge is -2.29. The molecule has 5 N–H and O–H groups in total. The number of carbonyl (C=O) groups is 2. The van der Waals surface area contributed by atoms with E-state index in [1.165, 1.54) is 5.56 Å². The third-order valence-corrected chi connectivity index (χ3v) is 5.34. The molecule has 0 radical (unpaired) electrons. The monoisotopic (exact) mass is 443 g/mol. The molecule has 0 fully saturated rings. The Bertz CT molecular complexity index is 947. The molecule has 0 aromatic heterocycles. The predicted octanol–water partition coefficient (Wildman–Crippen LogP) is 2.53. The summed E-state index contributed by atoms with van der Waals surface area (Å²) in [4.78, 5) is 27.2. The molecule has 2 aromatic carbocycles. The molecule has 0 saturated heterocycles. The van der Waals surface area contributed by atoms with Gasteiger partial charge in [-0.15, -0.1) is 12.4 Å². The first-order valence-electron chi connectivity index (χ1n) is 10.2. The van der Waals surface area contributed by atoms with Crippen LogP contribution in [0.4, 0.5) is 5.69 Å². The fourth-order valence-electron chi connectivity index (χ4n) is 3.58. The number of benzene rings is 2. The zero-order chi connectivity index (χ0) is 21.7. The van der Waals surface area contributed by atoms with Crippen molar-refractivity contribution in [3.05, 3.63) is 65.2 Å². The Morgan fingerprint density at radius 1 is 1.13 bits per heavy atom. The summed E-state index contributed by atoms with van der Waals surface area (Å²) in [6, 6.07) is 14.7. The van der Waals surface area contributed by atoms with E-state index >= 15 is 0 Å². The highest BCUT2D eigenvalue weighted by molar-refractivity contribution is 5.96. The smallest absolute Gasteiger partial charge is 0.243 e. The van der Waals surface area contributed by atoms with E-state index in [1.807, 2.05) is 38.1 Å². The van der Waals surface area contributed by atoms with Crippen molar-refractivity contribution < 1.29 is 9.59 Å². The molecule has 0 bridgehead atoms. The third kappa shape index (κ3) is 6.21. The van der Waals surface area contributed by atoms with E-state index in [1.54, 1.807) is 23.1 Å². The predicted molar refractivity (Wildman–Crippen MR) is 126 cm³/mol. The van der Waals surface area contributed by atoms with Crippen LogP contribution in [0.15, 0.2) is 48.5 Å². The number of nitrogens with one attached hydrogen (secondary N) is 3. The van der Waals surface area contributed by atoms with Gasteiger partial charge in [-0.3, -0.25) is 15.0 Å². The zero-order valence-corrected chi connectivity index (χ0v) is 18.7. The number of amidine groups is 1. The lowest BCUT2D eigenvalue weighted by Crippen LogP contribution is -2.48. The van der Waals surface area contributed by atoms with Crippen LogP contribution in [-0.2, 0) is 22.6 Å². The molecule has 31 heavy (non-hydrogen) atoms. The lowest BCUT2D eigenvalue weighted by molar-refractivity contribution is -0.134. The van der Waals surface area contributed by atoms with Gasteiger partial charge in [0.1, 0.15) is 11.9 Å². The van der Waals surface area contributed by atoms with Gasteiger partial charge >= 0.3 is 0 Å². The second-order valence-corrected chi connectivity index (χ2v) is 7.91. The van der Waals surface area contributed by atoms with Crippen molar-refractivity contribution >= 4 is 35.7 Å². The molecule has 0 saturated carbocycles. The number of halogens is 1. The van der Waals surface area contributed by atoms with Gasteiger partial charge in [-0.2, -0.15) is 0 Å². The van der Waals surface area contributed by atoms with Crippen molar-refractivity contribution in [2.24, 2.45) is 11.7 Å². The van der Waals surface area contributed by atoms with Crippen LogP contribution in [0.3, 0.4) is 0 Å². The molecule has 7 nitrogen and oxygen atoms in total. The van der Waals surface area contributed by atoms with Gasteiger partial charge in [0, 0.05) is 24.3 Å². The van der Waals surface area contributed by atoms with Gasteiger partial charge < -0.3 is 21.3 Å². The molecular formula is C23H30ClN5O2. The minimum Gasteiger partial charge on any atom is -0.384 e. The highest BCUT2D eigenvalue weighted by Crippen LogP contribution is 2.18. The van der Waals surface area contributed by atoms with Gasteiger partial charge in [-0.1, -0.05) is 50.2 Å². The highest BCUT2D eigenvalue weighted by atomic mass is 35.5. The van der Waals surface area contributed by atoms with Crippen LogP contribution in [0, 0.1) is 11.3 Å². The van der Waals surface area contributed by atoms with Crippen LogP contribution < -0.4 is 16.4 Å².